The van der Waals surface area contributed by atoms with E-state index in [4.69, 9.17) is 0 Å². The van der Waals surface area contributed by atoms with Crippen LogP contribution in [0.3, 0.4) is 0 Å². The summed E-state index contributed by atoms with van der Waals surface area (Å²) in [6.07, 6.45) is -4.19. The second-order valence-corrected chi connectivity index (χ2v) is 7.55. The van der Waals surface area contributed by atoms with E-state index in [1.165, 1.54) is 28.4 Å². The summed E-state index contributed by atoms with van der Waals surface area (Å²) >= 11 is 3.08. The minimum atomic E-state index is -4.36. The van der Waals surface area contributed by atoms with E-state index in [1.807, 2.05) is 22.9 Å². The number of thiazole rings is 1. The van der Waals surface area contributed by atoms with Crippen LogP contribution in [0.15, 0.2) is 47.2 Å². The quantitative estimate of drug-likeness (QED) is 0.602. The van der Waals surface area contributed by atoms with Crippen molar-refractivity contribution in [3.05, 3.63) is 64.0 Å². The van der Waals surface area contributed by atoms with Crippen LogP contribution in [0, 0.1) is 0 Å². The molecular formula is C18H15F3N2OS2. The van der Waals surface area contributed by atoms with Gasteiger partial charge >= 0.3 is 6.18 Å². The molecule has 0 aliphatic rings. The Hall–Kier alpha value is -2.19. The number of hydrogen-bond donors (Lipinski definition) is 0. The summed E-state index contributed by atoms with van der Waals surface area (Å²) < 4.78 is 37.8. The van der Waals surface area contributed by atoms with Crippen molar-refractivity contribution >= 4 is 28.6 Å². The second-order valence-electron chi connectivity index (χ2n) is 5.74. The minimum Gasteiger partial charge on any atom is -0.341 e. The molecule has 0 aliphatic carbocycles. The van der Waals surface area contributed by atoms with Crippen molar-refractivity contribution in [3.8, 4) is 9.88 Å². The zero-order valence-electron chi connectivity index (χ0n) is 13.8. The Morgan fingerprint density at radius 1 is 1.15 bits per heavy atom. The number of carbonyl (C=O) groups is 1. The zero-order chi connectivity index (χ0) is 18.7. The van der Waals surface area contributed by atoms with Gasteiger partial charge in [0.05, 0.1) is 22.6 Å². The summed E-state index contributed by atoms with van der Waals surface area (Å²) in [5.41, 5.74) is 0.646. The molecule has 2 heterocycles. The molecule has 0 bridgehead atoms. The van der Waals surface area contributed by atoms with Gasteiger partial charge in [-0.3, -0.25) is 4.79 Å². The van der Waals surface area contributed by atoms with Crippen molar-refractivity contribution in [3.63, 3.8) is 0 Å². The van der Waals surface area contributed by atoms with Gasteiger partial charge in [0, 0.05) is 19.0 Å². The number of carbonyl (C=O) groups excluding carboxylic acids is 1. The average Bonchev–Trinajstić information content (AvgIpc) is 3.25. The molecular weight excluding hydrogens is 381 g/mol. The van der Waals surface area contributed by atoms with Crippen LogP contribution in [0.5, 0.6) is 0 Å². The van der Waals surface area contributed by atoms with E-state index in [1.54, 1.807) is 18.4 Å². The van der Waals surface area contributed by atoms with Crippen molar-refractivity contribution in [2.75, 3.05) is 7.05 Å². The number of likely N-dealkylation sites (N-methyl/N-ethyl adjacent to an activating group) is 1. The van der Waals surface area contributed by atoms with E-state index >= 15 is 0 Å². The first-order chi connectivity index (χ1) is 12.3. The predicted molar refractivity (Wildman–Crippen MR) is 97.0 cm³/mol. The van der Waals surface area contributed by atoms with Gasteiger partial charge in [-0.2, -0.15) is 13.2 Å². The van der Waals surface area contributed by atoms with Crippen LogP contribution >= 0.6 is 22.7 Å². The van der Waals surface area contributed by atoms with Crippen molar-refractivity contribution in [2.45, 2.75) is 19.1 Å². The van der Waals surface area contributed by atoms with Crippen LogP contribution in [0.2, 0.25) is 0 Å². The molecule has 0 spiro atoms. The number of hydrogen-bond acceptors (Lipinski definition) is 4. The normalized spacial score (nSPS) is 11.5. The summed E-state index contributed by atoms with van der Waals surface area (Å²) in [7, 11) is 1.63. The lowest BCUT2D eigenvalue weighted by Crippen LogP contribution is -2.27. The molecule has 1 aromatic carbocycles. The maximum absolute atomic E-state index is 12.6. The third kappa shape index (κ3) is 4.50. The Kier molecular flexibility index (Phi) is 5.43. The molecule has 136 valence electrons. The van der Waals surface area contributed by atoms with E-state index in [2.05, 4.69) is 4.98 Å². The summed E-state index contributed by atoms with van der Waals surface area (Å²) in [6.45, 7) is 0.249. The molecule has 26 heavy (non-hydrogen) atoms. The third-order valence-electron chi connectivity index (χ3n) is 3.74. The van der Waals surface area contributed by atoms with Gasteiger partial charge in [-0.05, 0) is 29.1 Å². The number of nitrogens with zero attached hydrogens (tertiary/aromatic N) is 2. The third-order valence-corrected chi connectivity index (χ3v) is 5.67. The first kappa shape index (κ1) is 18.6. The van der Waals surface area contributed by atoms with Crippen LogP contribution < -0.4 is 0 Å². The maximum Gasteiger partial charge on any atom is 0.416 e. The molecule has 0 saturated carbocycles. The first-order valence-electron chi connectivity index (χ1n) is 7.71. The summed E-state index contributed by atoms with van der Waals surface area (Å²) in [4.78, 5) is 19.4. The highest BCUT2D eigenvalue weighted by Crippen LogP contribution is 2.29. The molecule has 0 unspecified atom stereocenters. The number of thiophene rings is 1. The van der Waals surface area contributed by atoms with Gasteiger partial charge in [-0.15, -0.1) is 22.7 Å². The van der Waals surface area contributed by atoms with Gasteiger partial charge in [0.2, 0.25) is 5.91 Å². The Balaban J connectivity index is 1.59. The highest BCUT2D eigenvalue weighted by molar-refractivity contribution is 7.20. The maximum atomic E-state index is 12.6. The Labute approximate surface area is 156 Å². The van der Waals surface area contributed by atoms with Crippen molar-refractivity contribution in [1.29, 1.82) is 0 Å². The number of alkyl halides is 3. The van der Waals surface area contributed by atoms with E-state index < -0.39 is 11.7 Å². The molecule has 0 atom stereocenters. The second kappa shape index (κ2) is 7.59. The fourth-order valence-electron chi connectivity index (χ4n) is 2.35. The monoisotopic (exact) mass is 396 g/mol. The molecule has 1 amide bonds. The van der Waals surface area contributed by atoms with Gasteiger partial charge in [-0.1, -0.05) is 18.2 Å². The highest BCUT2D eigenvalue weighted by Gasteiger charge is 2.30. The van der Waals surface area contributed by atoms with Crippen molar-refractivity contribution in [1.82, 2.24) is 9.88 Å². The van der Waals surface area contributed by atoms with Crippen molar-refractivity contribution in [2.24, 2.45) is 0 Å². The fourth-order valence-corrected chi connectivity index (χ4v) is 3.99. The van der Waals surface area contributed by atoms with Crippen LogP contribution in [0.1, 0.15) is 16.8 Å². The lowest BCUT2D eigenvalue weighted by molar-refractivity contribution is -0.137. The van der Waals surface area contributed by atoms with E-state index in [-0.39, 0.29) is 18.9 Å². The van der Waals surface area contributed by atoms with Gasteiger partial charge in [0.15, 0.2) is 0 Å². The van der Waals surface area contributed by atoms with Crippen LogP contribution in [0.4, 0.5) is 13.2 Å². The van der Waals surface area contributed by atoms with E-state index in [0.29, 0.717) is 11.3 Å². The van der Waals surface area contributed by atoms with Crippen LogP contribution in [0.25, 0.3) is 9.88 Å². The van der Waals surface area contributed by atoms with E-state index in [9.17, 15) is 18.0 Å². The van der Waals surface area contributed by atoms with E-state index in [0.717, 1.165) is 22.0 Å². The molecule has 0 saturated heterocycles. The summed E-state index contributed by atoms with van der Waals surface area (Å²) in [6, 6.07) is 8.77. The molecule has 0 aliphatic heterocycles. The molecule has 3 aromatic rings. The topological polar surface area (TPSA) is 33.2 Å². The number of benzene rings is 1. The van der Waals surface area contributed by atoms with Crippen LogP contribution in [-0.4, -0.2) is 22.8 Å². The lowest BCUT2D eigenvalue weighted by atomic mass is 10.1. The summed E-state index contributed by atoms with van der Waals surface area (Å²) in [5, 5.41) is 4.71. The molecule has 0 radical (unpaired) electrons. The fraction of sp³-hybridized carbons (Fsp3) is 0.222. The molecule has 3 nitrogen and oxygen atoms in total. The Morgan fingerprint density at radius 3 is 2.50 bits per heavy atom. The molecule has 3 rings (SSSR count). The number of halogens is 3. The molecule has 0 N–H and O–H groups in total. The van der Waals surface area contributed by atoms with Crippen LogP contribution in [-0.2, 0) is 23.9 Å². The first-order valence-corrected chi connectivity index (χ1v) is 9.47. The van der Waals surface area contributed by atoms with Gasteiger partial charge in [0.25, 0.3) is 0 Å². The minimum absolute atomic E-state index is 0.132. The lowest BCUT2D eigenvalue weighted by Gasteiger charge is -2.17. The number of aromatic nitrogens is 1. The largest absolute Gasteiger partial charge is 0.416 e. The zero-order valence-corrected chi connectivity index (χ0v) is 15.4. The molecule has 0 fully saturated rings. The van der Waals surface area contributed by atoms with Gasteiger partial charge in [-0.25, -0.2) is 4.98 Å². The standard InChI is InChI=1S/C18H15F3N2OS2/c1-23(10-12-4-6-13(7-5-12)18(19,20)21)16(24)9-14-11-26-17(22-14)15-3-2-8-25-15/h2-8,11H,9-10H2,1H3. The Morgan fingerprint density at radius 2 is 1.88 bits per heavy atom. The number of amides is 1. The van der Waals surface area contributed by atoms with Crippen molar-refractivity contribution < 1.29 is 18.0 Å². The Bertz CT molecular complexity index is 871. The SMILES string of the molecule is CN(Cc1ccc(C(F)(F)F)cc1)C(=O)Cc1csc(-c2cccs2)n1. The average molecular weight is 396 g/mol. The molecule has 2 aromatic heterocycles. The summed E-state index contributed by atoms with van der Waals surface area (Å²) in [5.74, 6) is -0.132. The van der Waals surface area contributed by atoms with Gasteiger partial charge in [0.1, 0.15) is 5.01 Å². The van der Waals surface area contributed by atoms with Gasteiger partial charge < -0.3 is 4.90 Å². The predicted octanol–water partition coefficient (Wildman–Crippen LogP) is 5.09. The number of rotatable bonds is 5. The smallest absolute Gasteiger partial charge is 0.341 e. The highest BCUT2D eigenvalue weighted by atomic mass is 32.1. The molecule has 8 heteroatoms.